The average Bonchev–Trinajstić information content (AvgIpc) is 2.79. The minimum atomic E-state index is 0.855. The van der Waals surface area contributed by atoms with Crippen LogP contribution >= 0.6 is 0 Å². The highest BCUT2D eigenvalue weighted by molar-refractivity contribution is 5.63. The number of rotatable bonds is 5. The SMILES string of the molecule is CCCn1nncc1-c1ccccc1CNC. The Labute approximate surface area is 102 Å². The molecule has 1 heterocycles. The molecular formula is C13H18N4. The van der Waals surface area contributed by atoms with E-state index in [4.69, 9.17) is 0 Å². The molecule has 0 aliphatic rings. The fourth-order valence-electron chi connectivity index (χ4n) is 1.96. The topological polar surface area (TPSA) is 42.7 Å². The number of benzene rings is 1. The van der Waals surface area contributed by atoms with Crippen molar-refractivity contribution in [3.8, 4) is 11.3 Å². The maximum atomic E-state index is 4.13. The molecule has 0 atom stereocenters. The summed E-state index contributed by atoms with van der Waals surface area (Å²) in [6, 6.07) is 8.37. The molecule has 0 bridgehead atoms. The standard InChI is InChI=1S/C13H18N4/c1-3-8-17-13(10-15-16-17)12-7-5-4-6-11(12)9-14-2/h4-7,10,14H,3,8-9H2,1-2H3. The summed E-state index contributed by atoms with van der Waals surface area (Å²) in [5, 5.41) is 11.3. The van der Waals surface area contributed by atoms with Gasteiger partial charge < -0.3 is 5.32 Å². The molecule has 2 aromatic rings. The van der Waals surface area contributed by atoms with E-state index in [1.807, 2.05) is 17.9 Å². The number of aryl methyl sites for hydroxylation is 1. The van der Waals surface area contributed by atoms with Crippen molar-refractivity contribution in [2.24, 2.45) is 0 Å². The number of hydrogen-bond acceptors (Lipinski definition) is 3. The van der Waals surface area contributed by atoms with Crippen LogP contribution in [-0.2, 0) is 13.1 Å². The quantitative estimate of drug-likeness (QED) is 0.855. The molecule has 0 fully saturated rings. The number of nitrogens with zero attached hydrogens (tertiary/aromatic N) is 3. The third-order valence-corrected chi connectivity index (χ3v) is 2.71. The van der Waals surface area contributed by atoms with E-state index in [2.05, 4.69) is 46.8 Å². The molecule has 1 aromatic carbocycles. The Kier molecular flexibility index (Phi) is 3.88. The minimum absolute atomic E-state index is 0.855. The van der Waals surface area contributed by atoms with Crippen molar-refractivity contribution in [3.05, 3.63) is 36.0 Å². The van der Waals surface area contributed by atoms with E-state index in [1.54, 1.807) is 0 Å². The Balaban J connectivity index is 2.41. The van der Waals surface area contributed by atoms with Crippen LogP contribution in [0.5, 0.6) is 0 Å². The van der Waals surface area contributed by atoms with Crippen molar-refractivity contribution in [2.75, 3.05) is 7.05 Å². The minimum Gasteiger partial charge on any atom is -0.316 e. The van der Waals surface area contributed by atoms with Gasteiger partial charge in [0, 0.05) is 18.7 Å². The first kappa shape index (κ1) is 11.8. The highest BCUT2D eigenvalue weighted by atomic mass is 15.4. The van der Waals surface area contributed by atoms with E-state index < -0.39 is 0 Å². The van der Waals surface area contributed by atoms with Gasteiger partial charge in [0.15, 0.2) is 0 Å². The summed E-state index contributed by atoms with van der Waals surface area (Å²) in [6.07, 6.45) is 2.90. The van der Waals surface area contributed by atoms with Crippen molar-refractivity contribution in [2.45, 2.75) is 26.4 Å². The van der Waals surface area contributed by atoms with E-state index in [9.17, 15) is 0 Å². The van der Waals surface area contributed by atoms with Gasteiger partial charge in [-0.15, -0.1) is 5.10 Å². The van der Waals surface area contributed by atoms with Crippen molar-refractivity contribution >= 4 is 0 Å². The average molecular weight is 230 g/mol. The molecule has 0 spiro atoms. The molecule has 2 rings (SSSR count). The highest BCUT2D eigenvalue weighted by Gasteiger charge is 2.09. The summed E-state index contributed by atoms with van der Waals surface area (Å²) in [7, 11) is 1.96. The van der Waals surface area contributed by atoms with Crippen molar-refractivity contribution in [3.63, 3.8) is 0 Å². The molecular weight excluding hydrogens is 212 g/mol. The molecule has 90 valence electrons. The smallest absolute Gasteiger partial charge is 0.0888 e. The molecule has 4 heteroatoms. The van der Waals surface area contributed by atoms with Crippen LogP contribution in [0, 0.1) is 0 Å². The van der Waals surface area contributed by atoms with E-state index >= 15 is 0 Å². The molecule has 0 saturated carbocycles. The fourth-order valence-corrected chi connectivity index (χ4v) is 1.96. The van der Waals surface area contributed by atoms with Crippen molar-refractivity contribution in [1.29, 1.82) is 0 Å². The number of nitrogens with one attached hydrogen (secondary N) is 1. The Morgan fingerprint density at radius 1 is 1.29 bits per heavy atom. The molecule has 0 radical (unpaired) electrons. The maximum Gasteiger partial charge on any atom is 0.0888 e. The fraction of sp³-hybridized carbons (Fsp3) is 0.385. The summed E-state index contributed by atoms with van der Waals surface area (Å²) in [5.74, 6) is 0. The van der Waals surface area contributed by atoms with Crippen LogP contribution in [0.25, 0.3) is 11.3 Å². The molecule has 0 amide bonds. The molecule has 0 aliphatic heterocycles. The molecule has 4 nitrogen and oxygen atoms in total. The lowest BCUT2D eigenvalue weighted by Crippen LogP contribution is -2.08. The monoisotopic (exact) mass is 230 g/mol. The van der Waals surface area contributed by atoms with E-state index in [1.165, 1.54) is 11.1 Å². The Hall–Kier alpha value is -1.68. The first-order valence-electron chi connectivity index (χ1n) is 5.98. The molecule has 0 saturated heterocycles. The van der Waals surface area contributed by atoms with Crippen LogP contribution in [0.4, 0.5) is 0 Å². The largest absolute Gasteiger partial charge is 0.316 e. The molecule has 1 N–H and O–H groups in total. The van der Waals surface area contributed by atoms with Gasteiger partial charge in [0.05, 0.1) is 11.9 Å². The first-order valence-corrected chi connectivity index (χ1v) is 5.98. The molecule has 0 unspecified atom stereocenters. The van der Waals surface area contributed by atoms with Gasteiger partial charge in [-0.25, -0.2) is 4.68 Å². The van der Waals surface area contributed by atoms with E-state index in [0.29, 0.717) is 0 Å². The van der Waals surface area contributed by atoms with Crippen LogP contribution in [0.2, 0.25) is 0 Å². The first-order chi connectivity index (χ1) is 8.36. The second-order valence-corrected chi connectivity index (χ2v) is 4.03. The number of hydrogen-bond donors (Lipinski definition) is 1. The van der Waals surface area contributed by atoms with Crippen LogP contribution in [-0.4, -0.2) is 22.0 Å². The molecule has 1 aromatic heterocycles. The second-order valence-electron chi connectivity index (χ2n) is 4.03. The Morgan fingerprint density at radius 3 is 2.88 bits per heavy atom. The zero-order valence-electron chi connectivity index (χ0n) is 10.3. The highest BCUT2D eigenvalue weighted by Crippen LogP contribution is 2.22. The van der Waals surface area contributed by atoms with Gasteiger partial charge in [0.2, 0.25) is 0 Å². The van der Waals surface area contributed by atoms with Gasteiger partial charge >= 0.3 is 0 Å². The van der Waals surface area contributed by atoms with Gasteiger partial charge in [0.25, 0.3) is 0 Å². The van der Waals surface area contributed by atoms with Crippen LogP contribution in [0.1, 0.15) is 18.9 Å². The van der Waals surface area contributed by atoms with Gasteiger partial charge in [-0.1, -0.05) is 36.4 Å². The predicted molar refractivity (Wildman–Crippen MR) is 68.5 cm³/mol. The maximum absolute atomic E-state index is 4.13. The Morgan fingerprint density at radius 2 is 2.12 bits per heavy atom. The summed E-state index contributed by atoms with van der Waals surface area (Å²) in [6.45, 7) is 3.90. The van der Waals surface area contributed by atoms with Gasteiger partial charge in [-0.05, 0) is 19.0 Å². The van der Waals surface area contributed by atoms with Crippen molar-refractivity contribution < 1.29 is 0 Å². The van der Waals surface area contributed by atoms with E-state index in [0.717, 1.165) is 25.2 Å². The Bertz CT molecular complexity index is 476. The predicted octanol–water partition coefficient (Wildman–Crippen LogP) is 2.07. The zero-order chi connectivity index (χ0) is 12.1. The van der Waals surface area contributed by atoms with Gasteiger partial charge in [-0.2, -0.15) is 0 Å². The summed E-state index contributed by atoms with van der Waals surface area (Å²) >= 11 is 0. The lowest BCUT2D eigenvalue weighted by Gasteiger charge is -2.10. The van der Waals surface area contributed by atoms with Gasteiger partial charge in [-0.3, -0.25) is 0 Å². The number of aromatic nitrogens is 3. The molecule has 0 aliphatic carbocycles. The van der Waals surface area contributed by atoms with Crippen LogP contribution < -0.4 is 5.32 Å². The summed E-state index contributed by atoms with van der Waals surface area (Å²) < 4.78 is 1.97. The zero-order valence-corrected chi connectivity index (χ0v) is 10.3. The van der Waals surface area contributed by atoms with Crippen LogP contribution in [0.3, 0.4) is 0 Å². The van der Waals surface area contributed by atoms with E-state index in [-0.39, 0.29) is 0 Å². The lowest BCUT2D eigenvalue weighted by atomic mass is 10.0. The third-order valence-electron chi connectivity index (χ3n) is 2.71. The lowest BCUT2D eigenvalue weighted by molar-refractivity contribution is 0.584. The van der Waals surface area contributed by atoms with Crippen LogP contribution in [0.15, 0.2) is 30.5 Å². The summed E-state index contributed by atoms with van der Waals surface area (Å²) in [4.78, 5) is 0. The van der Waals surface area contributed by atoms with Gasteiger partial charge in [0.1, 0.15) is 0 Å². The molecule has 17 heavy (non-hydrogen) atoms. The second kappa shape index (κ2) is 5.59. The normalized spacial score (nSPS) is 10.7. The third kappa shape index (κ3) is 2.53. The summed E-state index contributed by atoms with van der Waals surface area (Å²) in [5.41, 5.74) is 3.58. The van der Waals surface area contributed by atoms with Crippen molar-refractivity contribution in [1.82, 2.24) is 20.3 Å².